The van der Waals surface area contributed by atoms with Crippen LogP contribution in [0, 0.1) is 76.2 Å². The van der Waals surface area contributed by atoms with Gasteiger partial charge in [0.1, 0.15) is 0 Å². The van der Waals surface area contributed by atoms with Crippen LogP contribution in [0.2, 0.25) is 0 Å². The minimum Gasteiger partial charge on any atom is -0.208 e. The lowest BCUT2D eigenvalue weighted by Gasteiger charge is -2.11. The molecule has 0 unspecified atom stereocenters. The van der Waals surface area contributed by atoms with Crippen LogP contribution in [0.3, 0.4) is 0 Å². The summed E-state index contributed by atoms with van der Waals surface area (Å²) in [6.45, 7) is 23.3. The fraction of sp³-hybridized carbons (Fsp3) is 0.0859. The van der Waals surface area contributed by atoms with Gasteiger partial charge in [0.2, 0.25) is 0 Å². The molecule has 0 radical (unpaired) electrons. The Kier molecular flexibility index (Phi) is 26.2. The Morgan fingerprint density at radius 3 is 0.350 bits per heavy atom. The van der Waals surface area contributed by atoms with Gasteiger partial charge in [-0.2, -0.15) is 0 Å². The van der Waals surface area contributed by atoms with Gasteiger partial charge in [-0.25, -0.2) is 44.9 Å². The second-order valence-electron chi connectivity index (χ2n) is 35.9. The standard InChI is InChI=1S/C44H37N3.2C42H33N3/c1-28-6-8-33(9-7-28)34-10-16-37(17-11-34)42-45-43(38-18-12-35(13-19-38)40-24-29(2)22-30(3)25-40)47-44(46-42)39-20-14-36(15-21-39)41-26-31(4)23-32(5)27-41;1-28-4-10-31(11-5-28)34-16-22-37(23-17-34)40-43-41(38-24-18-35(19-25-38)32-12-6-29(2)7-13-32)45-42(44-40)39-26-20-36(21-27-39)33-14-8-30(3)9-15-33;1-28-7-11-31(12-8-28)33-15-21-36(22-16-33)40-43-41(37-23-17-34(18-24-37)32-13-9-29(2)10-14-32)45-42(44-40)38-25-19-35(20-26-38)39-6-4-5-30(3)27-39/h6-27H,1-5H3;2*4-27H,1-3H3. The third kappa shape index (κ3) is 21.5. The van der Waals surface area contributed by atoms with Crippen molar-refractivity contribution in [3.8, 4) is 203 Å². The van der Waals surface area contributed by atoms with Crippen LogP contribution in [-0.4, -0.2) is 44.9 Å². The molecule has 0 aliphatic rings. The molecule has 9 nitrogen and oxygen atoms in total. The minimum atomic E-state index is 0.649. The maximum Gasteiger partial charge on any atom is 0.164 e. The number of nitrogens with zero attached hydrogens (tertiary/aromatic N) is 9. The van der Waals surface area contributed by atoms with Gasteiger partial charge in [-0.1, -0.05) is 486 Å². The van der Waals surface area contributed by atoms with Gasteiger partial charge in [-0.05, 0) is 176 Å². The van der Waals surface area contributed by atoms with Crippen molar-refractivity contribution in [1.82, 2.24) is 44.9 Å². The van der Waals surface area contributed by atoms with E-state index in [0.29, 0.717) is 52.4 Å². The average Bonchev–Trinajstić information content (AvgIpc) is 0.793. The van der Waals surface area contributed by atoms with Crippen molar-refractivity contribution in [3.63, 3.8) is 0 Å². The molecule has 3 aromatic heterocycles. The third-order valence-electron chi connectivity index (χ3n) is 25.0. The molecule has 0 aliphatic heterocycles. The second-order valence-corrected chi connectivity index (χ2v) is 35.9. The predicted molar refractivity (Wildman–Crippen MR) is 569 cm³/mol. The molecule has 0 fully saturated rings. The monoisotopic (exact) mass is 1770 g/mol. The number of rotatable bonds is 18. The highest BCUT2D eigenvalue weighted by molar-refractivity contribution is 5.81. The Bertz CT molecular complexity index is 7300. The molecule has 21 rings (SSSR count). The van der Waals surface area contributed by atoms with Gasteiger partial charge >= 0.3 is 0 Å². The molecule has 0 atom stereocenters. The first-order valence-electron chi connectivity index (χ1n) is 46.6. The Morgan fingerprint density at radius 2 is 0.204 bits per heavy atom. The lowest BCUT2D eigenvalue weighted by atomic mass is 9.99. The molecule has 0 saturated carbocycles. The molecule has 660 valence electrons. The average molecular weight is 1770 g/mol. The zero-order valence-electron chi connectivity index (χ0n) is 78.9. The molecule has 137 heavy (non-hydrogen) atoms. The molecular formula is C128H103N9. The van der Waals surface area contributed by atoms with E-state index < -0.39 is 0 Å². The summed E-state index contributed by atoms with van der Waals surface area (Å²) < 4.78 is 0. The maximum absolute atomic E-state index is 5.01. The van der Waals surface area contributed by atoms with Gasteiger partial charge < -0.3 is 0 Å². The first-order valence-corrected chi connectivity index (χ1v) is 46.6. The third-order valence-corrected chi connectivity index (χ3v) is 25.0. The Balaban J connectivity index is 0.000000132. The van der Waals surface area contributed by atoms with Crippen LogP contribution >= 0.6 is 0 Å². The van der Waals surface area contributed by atoms with Crippen LogP contribution in [0.4, 0.5) is 0 Å². The lowest BCUT2D eigenvalue weighted by Crippen LogP contribution is -2.00. The topological polar surface area (TPSA) is 116 Å². The van der Waals surface area contributed by atoms with Gasteiger partial charge in [0.25, 0.3) is 0 Å². The van der Waals surface area contributed by atoms with E-state index in [1.807, 2.05) is 0 Å². The van der Waals surface area contributed by atoms with E-state index in [4.69, 9.17) is 44.9 Å². The van der Waals surface area contributed by atoms with E-state index >= 15 is 0 Å². The molecule has 18 aromatic carbocycles. The summed E-state index contributed by atoms with van der Waals surface area (Å²) in [7, 11) is 0. The van der Waals surface area contributed by atoms with E-state index in [1.165, 1.54) is 122 Å². The smallest absolute Gasteiger partial charge is 0.164 e. The largest absolute Gasteiger partial charge is 0.208 e. The molecule has 9 heteroatoms. The molecule has 0 amide bonds. The molecule has 0 bridgehead atoms. The van der Waals surface area contributed by atoms with Gasteiger partial charge in [0.05, 0.1) is 0 Å². The molecule has 3 heterocycles. The van der Waals surface area contributed by atoms with Crippen LogP contribution in [0.25, 0.3) is 203 Å². The fourth-order valence-electron chi connectivity index (χ4n) is 17.2. The summed E-state index contributed by atoms with van der Waals surface area (Å²) >= 11 is 0. The summed E-state index contributed by atoms with van der Waals surface area (Å²) in [5, 5.41) is 0. The molecule has 21 aromatic rings. The van der Waals surface area contributed by atoms with E-state index in [1.54, 1.807) is 0 Å². The quantitative estimate of drug-likeness (QED) is 0.0828. The van der Waals surface area contributed by atoms with Crippen LogP contribution in [0.1, 0.15) is 61.2 Å². The molecule has 0 saturated heterocycles. The van der Waals surface area contributed by atoms with E-state index in [9.17, 15) is 0 Å². The van der Waals surface area contributed by atoms with Crippen molar-refractivity contribution in [1.29, 1.82) is 0 Å². The zero-order chi connectivity index (χ0) is 94.0. The number of aromatic nitrogens is 9. The SMILES string of the molecule is Cc1ccc(-c2ccc(-c3nc(-c4ccc(-c5cc(C)cc(C)c5)cc4)nc(-c4ccc(-c5cc(C)cc(C)c5)cc4)n3)cc2)cc1.Cc1ccc(-c2ccc(-c3nc(-c4ccc(-c5ccc(C)cc5)cc4)nc(-c4ccc(-c5ccc(C)cc5)cc4)n3)cc2)cc1.Cc1ccc(-c2ccc(-c3nc(-c4ccc(-c5ccc(C)cc5)cc4)nc(-c4ccc(-c5cccc(C)c5)cc4)n3)cc2)cc1. The van der Waals surface area contributed by atoms with Crippen LogP contribution in [0.15, 0.2) is 425 Å². The van der Waals surface area contributed by atoms with Crippen molar-refractivity contribution < 1.29 is 0 Å². The highest BCUT2D eigenvalue weighted by Gasteiger charge is 2.20. The normalized spacial score (nSPS) is 11.0. The van der Waals surface area contributed by atoms with Crippen molar-refractivity contribution >= 4 is 0 Å². The molecular weight excluding hydrogens is 1660 g/mol. The number of hydrogen-bond acceptors (Lipinski definition) is 9. The first-order chi connectivity index (χ1) is 66.7. The Labute approximate surface area is 804 Å². The summed E-state index contributed by atoms with van der Waals surface area (Å²) in [6.07, 6.45) is 0. The molecule has 0 aliphatic carbocycles. The highest BCUT2D eigenvalue weighted by Crippen LogP contribution is 2.38. The van der Waals surface area contributed by atoms with Crippen molar-refractivity contribution in [2.45, 2.75) is 76.2 Å². The first kappa shape index (κ1) is 89.2. The fourth-order valence-corrected chi connectivity index (χ4v) is 17.2. The number of benzene rings is 18. The van der Waals surface area contributed by atoms with Crippen LogP contribution in [-0.2, 0) is 0 Å². The van der Waals surface area contributed by atoms with E-state index in [0.717, 1.165) is 89.0 Å². The summed E-state index contributed by atoms with van der Waals surface area (Å²) in [5.41, 5.74) is 43.5. The predicted octanol–water partition coefficient (Wildman–Crippen LogP) is 33.0. The van der Waals surface area contributed by atoms with Crippen molar-refractivity contribution in [2.24, 2.45) is 0 Å². The molecule has 0 N–H and O–H groups in total. The minimum absolute atomic E-state index is 0.649. The number of hydrogen-bond donors (Lipinski definition) is 0. The second kappa shape index (κ2) is 40.2. The van der Waals surface area contributed by atoms with Crippen molar-refractivity contribution in [2.75, 3.05) is 0 Å². The number of aryl methyl sites for hydroxylation is 11. The summed E-state index contributed by atoms with van der Waals surface area (Å²) in [6, 6.07) is 150. The summed E-state index contributed by atoms with van der Waals surface area (Å²) in [5.74, 6) is 5.85. The van der Waals surface area contributed by atoms with Crippen molar-refractivity contribution in [3.05, 3.63) is 486 Å². The molecule has 0 spiro atoms. The lowest BCUT2D eigenvalue weighted by molar-refractivity contribution is 1.07. The van der Waals surface area contributed by atoms with Crippen LogP contribution < -0.4 is 0 Å². The van der Waals surface area contributed by atoms with Gasteiger partial charge in [0, 0.05) is 50.1 Å². The Hall–Kier alpha value is -17.0. The van der Waals surface area contributed by atoms with Gasteiger partial charge in [0.15, 0.2) is 52.4 Å². The van der Waals surface area contributed by atoms with Gasteiger partial charge in [-0.15, -0.1) is 0 Å². The van der Waals surface area contributed by atoms with E-state index in [2.05, 4.69) is 501 Å². The van der Waals surface area contributed by atoms with Crippen LogP contribution in [0.5, 0.6) is 0 Å². The zero-order valence-corrected chi connectivity index (χ0v) is 78.9. The van der Waals surface area contributed by atoms with Gasteiger partial charge in [-0.3, -0.25) is 0 Å². The summed E-state index contributed by atoms with van der Waals surface area (Å²) in [4.78, 5) is 44.9. The maximum atomic E-state index is 5.01. The van der Waals surface area contributed by atoms with E-state index in [-0.39, 0.29) is 0 Å². The highest BCUT2D eigenvalue weighted by atomic mass is 15.1. The Morgan fingerprint density at radius 1 is 0.0876 bits per heavy atom.